The van der Waals surface area contributed by atoms with Crippen molar-refractivity contribution in [3.05, 3.63) is 0 Å². The summed E-state index contributed by atoms with van der Waals surface area (Å²) in [4.78, 5) is 2.54. The normalized spacial score (nSPS) is 33.2. The molecule has 1 saturated carbocycles. The summed E-state index contributed by atoms with van der Waals surface area (Å²) in [5.41, 5.74) is 0.615. The maximum atomic E-state index is 9.03. The molecule has 1 atom stereocenters. The molecule has 76 valence electrons. The molecule has 2 fully saturated rings. The van der Waals surface area contributed by atoms with Crippen molar-refractivity contribution in [1.29, 1.82) is 0 Å². The van der Waals surface area contributed by atoms with Gasteiger partial charge in [-0.15, -0.1) is 0 Å². The highest BCUT2D eigenvalue weighted by Crippen LogP contribution is 2.41. The van der Waals surface area contributed by atoms with Crippen LogP contribution < -0.4 is 0 Å². The lowest BCUT2D eigenvalue weighted by Gasteiger charge is -2.41. The largest absolute Gasteiger partial charge is 0.396 e. The highest BCUT2D eigenvalue weighted by Gasteiger charge is 2.35. The molecule has 1 unspecified atom stereocenters. The van der Waals surface area contributed by atoms with Crippen LogP contribution in [0.3, 0.4) is 0 Å². The van der Waals surface area contributed by atoms with Crippen LogP contribution in [-0.2, 0) is 0 Å². The van der Waals surface area contributed by atoms with E-state index in [1.165, 1.54) is 38.8 Å². The molecule has 0 amide bonds. The summed E-state index contributed by atoms with van der Waals surface area (Å²) in [5, 5.41) is 9.03. The number of hydrogen-bond acceptors (Lipinski definition) is 2. The van der Waals surface area contributed by atoms with Gasteiger partial charge < -0.3 is 10.0 Å². The zero-order chi connectivity index (χ0) is 9.31. The van der Waals surface area contributed by atoms with Crippen molar-refractivity contribution in [1.82, 2.24) is 4.90 Å². The van der Waals surface area contributed by atoms with Crippen molar-refractivity contribution in [3.63, 3.8) is 0 Å². The SMILES string of the molecule is CC1(CN2CCC(CO)C2)CCC1. The van der Waals surface area contributed by atoms with Gasteiger partial charge in [0.1, 0.15) is 0 Å². The summed E-state index contributed by atoms with van der Waals surface area (Å²) in [6, 6.07) is 0. The molecule has 1 saturated heterocycles. The lowest BCUT2D eigenvalue weighted by Crippen LogP contribution is -2.39. The Bertz CT molecular complexity index is 177. The Morgan fingerprint density at radius 2 is 2.23 bits per heavy atom. The summed E-state index contributed by atoms with van der Waals surface area (Å²) in [6.45, 7) is 6.40. The molecule has 2 heteroatoms. The monoisotopic (exact) mass is 183 g/mol. The third kappa shape index (κ3) is 2.05. The molecule has 1 N–H and O–H groups in total. The zero-order valence-electron chi connectivity index (χ0n) is 8.63. The van der Waals surface area contributed by atoms with Crippen LogP contribution in [0.1, 0.15) is 32.6 Å². The topological polar surface area (TPSA) is 23.5 Å². The molecular weight excluding hydrogens is 162 g/mol. The van der Waals surface area contributed by atoms with Crippen molar-refractivity contribution in [2.75, 3.05) is 26.2 Å². The van der Waals surface area contributed by atoms with Gasteiger partial charge in [-0.1, -0.05) is 13.3 Å². The fraction of sp³-hybridized carbons (Fsp3) is 1.00. The molecule has 0 bridgehead atoms. The van der Waals surface area contributed by atoms with E-state index in [4.69, 9.17) is 5.11 Å². The van der Waals surface area contributed by atoms with E-state index in [1.807, 2.05) is 0 Å². The first-order valence-corrected chi connectivity index (χ1v) is 5.55. The first-order chi connectivity index (χ1) is 6.22. The molecular formula is C11H21NO. The minimum atomic E-state index is 0.382. The van der Waals surface area contributed by atoms with Gasteiger partial charge >= 0.3 is 0 Å². The molecule has 2 aliphatic rings. The van der Waals surface area contributed by atoms with Crippen LogP contribution in [0.5, 0.6) is 0 Å². The van der Waals surface area contributed by atoms with Crippen molar-refractivity contribution in [3.8, 4) is 0 Å². The molecule has 1 aliphatic carbocycles. The summed E-state index contributed by atoms with van der Waals surface area (Å²) in [7, 11) is 0. The van der Waals surface area contributed by atoms with E-state index in [-0.39, 0.29) is 0 Å². The van der Waals surface area contributed by atoms with E-state index in [0.29, 0.717) is 17.9 Å². The molecule has 2 nitrogen and oxygen atoms in total. The smallest absolute Gasteiger partial charge is 0.0471 e. The van der Waals surface area contributed by atoms with Crippen LogP contribution in [-0.4, -0.2) is 36.2 Å². The number of aliphatic hydroxyl groups excluding tert-OH is 1. The summed E-state index contributed by atoms with van der Waals surface area (Å²) < 4.78 is 0. The van der Waals surface area contributed by atoms with Crippen LogP contribution >= 0.6 is 0 Å². The van der Waals surface area contributed by atoms with Gasteiger partial charge in [-0.05, 0) is 37.1 Å². The average molecular weight is 183 g/mol. The molecule has 0 radical (unpaired) electrons. The average Bonchev–Trinajstić information content (AvgIpc) is 2.49. The molecule has 1 heterocycles. The number of nitrogens with zero attached hydrogens (tertiary/aromatic N) is 1. The highest BCUT2D eigenvalue weighted by atomic mass is 16.3. The minimum Gasteiger partial charge on any atom is -0.396 e. The van der Waals surface area contributed by atoms with Gasteiger partial charge in [0.15, 0.2) is 0 Å². The maximum Gasteiger partial charge on any atom is 0.0471 e. The molecule has 0 spiro atoms. The van der Waals surface area contributed by atoms with Gasteiger partial charge in [0, 0.05) is 19.7 Å². The van der Waals surface area contributed by atoms with Gasteiger partial charge in [0.25, 0.3) is 0 Å². The second-order valence-corrected chi connectivity index (χ2v) is 5.24. The van der Waals surface area contributed by atoms with E-state index in [2.05, 4.69) is 11.8 Å². The van der Waals surface area contributed by atoms with Crippen molar-refractivity contribution < 1.29 is 5.11 Å². The molecule has 2 rings (SSSR count). The number of rotatable bonds is 3. The lowest BCUT2D eigenvalue weighted by atomic mass is 9.70. The van der Waals surface area contributed by atoms with Crippen molar-refractivity contribution in [2.45, 2.75) is 32.6 Å². The molecule has 1 aliphatic heterocycles. The van der Waals surface area contributed by atoms with E-state index in [0.717, 1.165) is 6.54 Å². The first-order valence-electron chi connectivity index (χ1n) is 5.55. The predicted octanol–water partition coefficient (Wildman–Crippen LogP) is 1.49. The van der Waals surface area contributed by atoms with Crippen LogP contribution in [0, 0.1) is 11.3 Å². The second-order valence-electron chi connectivity index (χ2n) is 5.24. The zero-order valence-corrected chi connectivity index (χ0v) is 8.63. The Morgan fingerprint density at radius 1 is 1.46 bits per heavy atom. The Kier molecular flexibility index (Phi) is 2.61. The number of likely N-dealkylation sites (tertiary alicyclic amines) is 1. The quantitative estimate of drug-likeness (QED) is 0.716. The molecule has 0 aromatic heterocycles. The third-order valence-corrected chi connectivity index (χ3v) is 3.79. The minimum absolute atomic E-state index is 0.382. The summed E-state index contributed by atoms with van der Waals surface area (Å²) >= 11 is 0. The summed E-state index contributed by atoms with van der Waals surface area (Å²) in [6.07, 6.45) is 5.45. The number of hydrogen-bond donors (Lipinski definition) is 1. The summed E-state index contributed by atoms with van der Waals surface area (Å²) in [5.74, 6) is 0.559. The molecule has 13 heavy (non-hydrogen) atoms. The second kappa shape index (κ2) is 3.58. The fourth-order valence-corrected chi connectivity index (χ4v) is 2.68. The molecule has 0 aromatic rings. The first kappa shape index (κ1) is 9.47. The highest BCUT2D eigenvalue weighted by molar-refractivity contribution is 4.88. The fourth-order valence-electron chi connectivity index (χ4n) is 2.68. The van der Waals surface area contributed by atoms with Gasteiger partial charge in [-0.25, -0.2) is 0 Å². The van der Waals surface area contributed by atoms with Gasteiger partial charge in [-0.3, -0.25) is 0 Å². The number of aliphatic hydroxyl groups is 1. The van der Waals surface area contributed by atoms with E-state index in [9.17, 15) is 0 Å². The van der Waals surface area contributed by atoms with Crippen LogP contribution in [0.4, 0.5) is 0 Å². The molecule has 0 aromatic carbocycles. The van der Waals surface area contributed by atoms with Crippen molar-refractivity contribution in [2.24, 2.45) is 11.3 Å². The van der Waals surface area contributed by atoms with Gasteiger partial charge in [-0.2, -0.15) is 0 Å². The lowest BCUT2D eigenvalue weighted by molar-refractivity contribution is 0.0940. The predicted molar refractivity (Wildman–Crippen MR) is 53.6 cm³/mol. The van der Waals surface area contributed by atoms with E-state index in [1.54, 1.807) is 0 Å². The van der Waals surface area contributed by atoms with E-state index >= 15 is 0 Å². The van der Waals surface area contributed by atoms with Gasteiger partial charge in [0.05, 0.1) is 0 Å². The van der Waals surface area contributed by atoms with Crippen LogP contribution in [0.15, 0.2) is 0 Å². The van der Waals surface area contributed by atoms with E-state index < -0.39 is 0 Å². The third-order valence-electron chi connectivity index (χ3n) is 3.79. The van der Waals surface area contributed by atoms with Crippen molar-refractivity contribution >= 4 is 0 Å². The van der Waals surface area contributed by atoms with Crippen LogP contribution in [0.25, 0.3) is 0 Å². The Hall–Kier alpha value is -0.0800. The Labute approximate surface area is 80.9 Å². The van der Waals surface area contributed by atoms with Crippen LogP contribution in [0.2, 0.25) is 0 Å². The Morgan fingerprint density at radius 3 is 2.69 bits per heavy atom. The standard InChI is InChI=1S/C11H21NO/c1-11(4-2-5-11)9-12-6-3-10(7-12)8-13/h10,13H,2-9H2,1H3. The Balaban J connectivity index is 1.77. The van der Waals surface area contributed by atoms with Gasteiger partial charge in [0.2, 0.25) is 0 Å². The maximum absolute atomic E-state index is 9.03.